The van der Waals surface area contributed by atoms with Gasteiger partial charge in [0.1, 0.15) is 0 Å². The highest BCUT2D eigenvalue weighted by atomic mass is 16.4. The van der Waals surface area contributed by atoms with E-state index in [1.165, 1.54) is 0 Å². The summed E-state index contributed by atoms with van der Waals surface area (Å²) in [6.45, 7) is 4.23. The highest BCUT2D eigenvalue weighted by molar-refractivity contribution is 5.93. The second-order valence-electron chi connectivity index (χ2n) is 6.26. The Morgan fingerprint density at radius 2 is 1.96 bits per heavy atom. The Morgan fingerprint density at radius 1 is 1.26 bits per heavy atom. The maximum absolute atomic E-state index is 12.6. The fourth-order valence-electron chi connectivity index (χ4n) is 2.88. The summed E-state index contributed by atoms with van der Waals surface area (Å²) in [4.78, 5) is 25.5. The number of carboxylic acids is 1. The maximum atomic E-state index is 12.6. The molecule has 0 saturated carbocycles. The number of likely N-dealkylation sites (tertiary alicyclic amines) is 1. The molecule has 1 fully saturated rings. The smallest absolute Gasteiger partial charge is 0.311 e. The van der Waals surface area contributed by atoms with E-state index in [1.54, 1.807) is 22.6 Å². The van der Waals surface area contributed by atoms with Crippen LogP contribution in [0, 0.1) is 12.3 Å². The van der Waals surface area contributed by atoms with Gasteiger partial charge in [-0.15, -0.1) is 0 Å². The van der Waals surface area contributed by atoms with Crippen molar-refractivity contribution in [2.45, 2.75) is 20.3 Å². The molecule has 6 nitrogen and oxygen atoms in total. The zero-order chi connectivity index (χ0) is 16.6. The van der Waals surface area contributed by atoms with Gasteiger partial charge in [0.15, 0.2) is 5.69 Å². The number of aromatic nitrogens is 2. The maximum Gasteiger partial charge on any atom is 0.311 e. The molecule has 0 radical (unpaired) electrons. The number of hydrogen-bond acceptors (Lipinski definition) is 3. The molecule has 23 heavy (non-hydrogen) atoms. The normalized spacial score (nSPS) is 20.7. The van der Waals surface area contributed by atoms with Crippen LogP contribution in [0.4, 0.5) is 0 Å². The molecule has 2 heterocycles. The van der Waals surface area contributed by atoms with Crippen molar-refractivity contribution in [3.05, 3.63) is 47.8 Å². The minimum atomic E-state index is -0.868. The van der Waals surface area contributed by atoms with E-state index in [1.807, 2.05) is 37.3 Å². The first-order valence-electron chi connectivity index (χ1n) is 7.55. The molecule has 120 valence electrons. The largest absolute Gasteiger partial charge is 0.481 e. The van der Waals surface area contributed by atoms with Crippen molar-refractivity contribution in [1.29, 1.82) is 0 Å². The Kier molecular flexibility index (Phi) is 3.67. The molecule has 1 atom stereocenters. The lowest BCUT2D eigenvalue weighted by Crippen LogP contribution is -2.35. The van der Waals surface area contributed by atoms with Gasteiger partial charge in [-0.3, -0.25) is 9.59 Å². The molecule has 1 aromatic heterocycles. The number of hydrogen-bond donors (Lipinski definition) is 1. The number of amides is 1. The second-order valence-corrected chi connectivity index (χ2v) is 6.26. The Morgan fingerprint density at radius 3 is 2.57 bits per heavy atom. The Hall–Kier alpha value is -2.63. The number of aryl methyl sites for hydroxylation is 1. The monoisotopic (exact) mass is 313 g/mol. The number of para-hydroxylation sites is 1. The third-order valence-corrected chi connectivity index (χ3v) is 4.38. The SMILES string of the molecule is Cc1cc(C(=O)N2CC[C@@](C)(C(=O)O)C2)nn1-c1ccccc1. The van der Waals surface area contributed by atoms with Crippen LogP contribution in [-0.4, -0.2) is 44.8 Å². The number of nitrogens with zero attached hydrogens (tertiary/aromatic N) is 3. The van der Waals surface area contributed by atoms with Gasteiger partial charge in [0, 0.05) is 18.8 Å². The van der Waals surface area contributed by atoms with E-state index in [4.69, 9.17) is 0 Å². The number of carbonyl (C=O) groups is 2. The topological polar surface area (TPSA) is 75.4 Å². The van der Waals surface area contributed by atoms with Gasteiger partial charge in [-0.05, 0) is 38.5 Å². The number of carboxylic acid groups (broad SMARTS) is 1. The molecule has 1 aliphatic heterocycles. The molecule has 3 rings (SSSR count). The minimum Gasteiger partial charge on any atom is -0.481 e. The molecule has 2 aromatic rings. The quantitative estimate of drug-likeness (QED) is 0.942. The summed E-state index contributed by atoms with van der Waals surface area (Å²) in [5.74, 6) is -1.08. The molecule has 1 aliphatic rings. The predicted octanol–water partition coefficient (Wildman–Crippen LogP) is 2.12. The van der Waals surface area contributed by atoms with Crippen LogP contribution in [0.3, 0.4) is 0 Å². The molecule has 0 spiro atoms. The first-order valence-corrected chi connectivity index (χ1v) is 7.55. The van der Waals surface area contributed by atoms with Crippen LogP contribution in [0.1, 0.15) is 29.5 Å². The Balaban J connectivity index is 1.84. The Bertz CT molecular complexity index is 754. The van der Waals surface area contributed by atoms with Crippen molar-refractivity contribution < 1.29 is 14.7 Å². The van der Waals surface area contributed by atoms with Gasteiger partial charge in [-0.25, -0.2) is 4.68 Å². The average Bonchev–Trinajstić information content (AvgIpc) is 3.12. The van der Waals surface area contributed by atoms with Crippen LogP contribution in [0.15, 0.2) is 36.4 Å². The standard InChI is InChI=1S/C17H19N3O3/c1-12-10-14(18-20(12)13-6-4-3-5-7-13)15(21)19-9-8-17(2,11-19)16(22)23/h3-7,10H,8-9,11H2,1-2H3,(H,22,23)/t17-/m1/s1. The van der Waals surface area contributed by atoms with Gasteiger partial charge in [-0.1, -0.05) is 18.2 Å². The lowest BCUT2D eigenvalue weighted by molar-refractivity contribution is -0.147. The molecule has 0 bridgehead atoms. The summed E-state index contributed by atoms with van der Waals surface area (Å²) in [5, 5.41) is 13.7. The highest BCUT2D eigenvalue weighted by Gasteiger charge is 2.42. The van der Waals surface area contributed by atoms with Crippen molar-refractivity contribution >= 4 is 11.9 Å². The fraction of sp³-hybridized carbons (Fsp3) is 0.353. The van der Waals surface area contributed by atoms with Crippen molar-refractivity contribution in [3.63, 3.8) is 0 Å². The molecule has 0 unspecified atom stereocenters. The van der Waals surface area contributed by atoms with Crippen LogP contribution in [0.2, 0.25) is 0 Å². The number of benzene rings is 1. The lowest BCUT2D eigenvalue weighted by Gasteiger charge is -2.19. The van der Waals surface area contributed by atoms with Crippen LogP contribution in [-0.2, 0) is 4.79 Å². The second kappa shape index (κ2) is 5.53. The van der Waals surface area contributed by atoms with Gasteiger partial charge in [0.05, 0.1) is 11.1 Å². The molecule has 1 saturated heterocycles. The van der Waals surface area contributed by atoms with Crippen molar-refractivity contribution in [1.82, 2.24) is 14.7 Å². The molecule has 1 aromatic carbocycles. The van der Waals surface area contributed by atoms with Gasteiger partial charge in [-0.2, -0.15) is 5.10 Å². The van der Waals surface area contributed by atoms with E-state index < -0.39 is 11.4 Å². The third-order valence-electron chi connectivity index (χ3n) is 4.38. The summed E-state index contributed by atoms with van der Waals surface area (Å²) in [7, 11) is 0. The van der Waals surface area contributed by atoms with Gasteiger partial charge in [0.2, 0.25) is 0 Å². The first kappa shape index (κ1) is 15.3. The van der Waals surface area contributed by atoms with Crippen LogP contribution < -0.4 is 0 Å². The molecule has 1 N–H and O–H groups in total. The molecule has 1 amide bonds. The summed E-state index contributed by atoms with van der Waals surface area (Å²) in [5.41, 5.74) is 1.23. The molecular formula is C17H19N3O3. The van der Waals surface area contributed by atoms with E-state index in [2.05, 4.69) is 5.10 Å². The summed E-state index contributed by atoms with van der Waals surface area (Å²) < 4.78 is 1.72. The van der Waals surface area contributed by atoms with Gasteiger partial charge < -0.3 is 10.0 Å². The number of carbonyl (C=O) groups excluding carboxylic acids is 1. The minimum absolute atomic E-state index is 0.215. The highest BCUT2D eigenvalue weighted by Crippen LogP contribution is 2.31. The average molecular weight is 313 g/mol. The summed E-state index contributed by atoms with van der Waals surface area (Å²) >= 11 is 0. The predicted molar refractivity (Wildman–Crippen MR) is 84.6 cm³/mol. The van der Waals surface area contributed by atoms with E-state index >= 15 is 0 Å². The summed E-state index contributed by atoms with van der Waals surface area (Å²) in [6.07, 6.45) is 0.465. The van der Waals surface area contributed by atoms with E-state index in [9.17, 15) is 14.7 Å². The molecular weight excluding hydrogens is 294 g/mol. The van der Waals surface area contributed by atoms with Crippen LogP contribution >= 0.6 is 0 Å². The number of rotatable bonds is 3. The zero-order valence-electron chi connectivity index (χ0n) is 13.2. The first-order chi connectivity index (χ1) is 10.9. The van der Waals surface area contributed by atoms with E-state index in [0.717, 1.165) is 11.4 Å². The van der Waals surface area contributed by atoms with Crippen LogP contribution in [0.25, 0.3) is 5.69 Å². The fourth-order valence-corrected chi connectivity index (χ4v) is 2.88. The van der Waals surface area contributed by atoms with Crippen LogP contribution in [0.5, 0.6) is 0 Å². The molecule has 6 heteroatoms. The van der Waals surface area contributed by atoms with Gasteiger partial charge in [0.25, 0.3) is 5.91 Å². The zero-order valence-corrected chi connectivity index (χ0v) is 13.2. The van der Waals surface area contributed by atoms with Crippen molar-refractivity contribution in [2.75, 3.05) is 13.1 Å². The Labute approximate surface area is 134 Å². The number of aliphatic carboxylic acids is 1. The lowest BCUT2D eigenvalue weighted by atomic mass is 9.90. The van der Waals surface area contributed by atoms with E-state index in [-0.39, 0.29) is 12.5 Å². The molecule has 0 aliphatic carbocycles. The third kappa shape index (κ3) is 2.72. The van der Waals surface area contributed by atoms with Gasteiger partial charge >= 0.3 is 5.97 Å². The van der Waals surface area contributed by atoms with E-state index in [0.29, 0.717) is 18.7 Å². The summed E-state index contributed by atoms with van der Waals surface area (Å²) in [6, 6.07) is 11.3. The van der Waals surface area contributed by atoms with Crippen molar-refractivity contribution in [3.8, 4) is 5.69 Å². The van der Waals surface area contributed by atoms with Crippen molar-refractivity contribution in [2.24, 2.45) is 5.41 Å².